The van der Waals surface area contributed by atoms with E-state index in [2.05, 4.69) is 55.9 Å². The standard InChI is InChI=1S/C10H7Br2N/c1-6-4-7(11)5-8-9(12)2-3-13-10(6)8/h2-5H,1H3. The monoisotopic (exact) mass is 299 g/mol. The fraction of sp³-hybridized carbons (Fsp3) is 0.100. The first-order chi connectivity index (χ1) is 6.18. The Labute approximate surface area is 93.4 Å². The van der Waals surface area contributed by atoms with Crippen LogP contribution in [0.5, 0.6) is 0 Å². The molecule has 0 bridgehead atoms. The fourth-order valence-corrected chi connectivity index (χ4v) is 2.35. The van der Waals surface area contributed by atoms with E-state index >= 15 is 0 Å². The van der Waals surface area contributed by atoms with E-state index in [0.29, 0.717) is 0 Å². The van der Waals surface area contributed by atoms with Gasteiger partial charge in [-0.1, -0.05) is 31.9 Å². The van der Waals surface area contributed by atoms with Gasteiger partial charge in [0.05, 0.1) is 5.52 Å². The molecule has 0 unspecified atom stereocenters. The van der Waals surface area contributed by atoms with Crippen molar-refractivity contribution in [3.8, 4) is 0 Å². The zero-order chi connectivity index (χ0) is 9.42. The quantitative estimate of drug-likeness (QED) is 0.715. The third kappa shape index (κ3) is 1.63. The molecular weight excluding hydrogens is 294 g/mol. The van der Waals surface area contributed by atoms with Crippen molar-refractivity contribution in [2.24, 2.45) is 0 Å². The van der Waals surface area contributed by atoms with Gasteiger partial charge in [-0.05, 0) is 30.7 Å². The molecule has 0 N–H and O–H groups in total. The summed E-state index contributed by atoms with van der Waals surface area (Å²) in [6.45, 7) is 2.06. The predicted octanol–water partition coefficient (Wildman–Crippen LogP) is 4.07. The number of nitrogens with zero attached hydrogens (tertiary/aromatic N) is 1. The van der Waals surface area contributed by atoms with Crippen LogP contribution in [0.3, 0.4) is 0 Å². The summed E-state index contributed by atoms with van der Waals surface area (Å²) in [4.78, 5) is 4.33. The molecule has 0 fully saturated rings. The first kappa shape index (κ1) is 9.16. The van der Waals surface area contributed by atoms with Gasteiger partial charge in [-0.25, -0.2) is 0 Å². The van der Waals surface area contributed by atoms with Crippen molar-refractivity contribution < 1.29 is 0 Å². The SMILES string of the molecule is Cc1cc(Br)cc2c(Br)ccnc12. The van der Waals surface area contributed by atoms with Crippen molar-refractivity contribution >= 4 is 42.8 Å². The van der Waals surface area contributed by atoms with Crippen molar-refractivity contribution in [1.82, 2.24) is 4.98 Å². The van der Waals surface area contributed by atoms with Crippen molar-refractivity contribution in [2.45, 2.75) is 6.92 Å². The van der Waals surface area contributed by atoms with Gasteiger partial charge < -0.3 is 0 Å². The molecule has 1 nitrogen and oxygen atoms in total. The van der Waals surface area contributed by atoms with Gasteiger partial charge in [0, 0.05) is 20.5 Å². The van der Waals surface area contributed by atoms with Crippen LogP contribution < -0.4 is 0 Å². The van der Waals surface area contributed by atoms with E-state index < -0.39 is 0 Å². The smallest absolute Gasteiger partial charge is 0.0743 e. The molecule has 0 aliphatic heterocycles. The van der Waals surface area contributed by atoms with E-state index in [1.807, 2.05) is 12.3 Å². The highest BCUT2D eigenvalue weighted by Gasteiger charge is 2.02. The average Bonchev–Trinajstić information content (AvgIpc) is 2.07. The number of fused-ring (bicyclic) bond motifs is 1. The summed E-state index contributed by atoms with van der Waals surface area (Å²) >= 11 is 6.97. The molecule has 0 spiro atoms. The molecule has 0 atom stereocenters. The Hall–Kier alpha value is -0.410. The lowest BCUT2D eigenvalue weighted by Gasteiger charge is -2.03. The largest absolute Gasteiger partial charge is 0.256 e. The summed E-state index contributed by atoms with van der Waals surface area (Å²) in [7, 11) is 0. The highest BCUT2D eigenvalue weighted by atomic mass is 79.9. The Morgan fingerprint density at radius 1 is 1.23 bits per heavy atom. The van der Waals surface area contributed by atoms with Crippen molar-refractivity contribution in [3.05, 3.63) is 38.9 Å². The maximum absolute atomic E-state index is 4.33. The normalized spacial score (nSPS) is 10.7. The van der Waals surface area contributed by atoms with Crippen LogP contribution in [0.4, 0.5) is 0 Å². The van der Waals surface area contributed by atoms with Crippen molar-refractivity contribution in [3.63, 3.8) is 0 Å². The van der Waals surface area contributed by atoms with Crippen LogP contribution in [-0.4, -0.2) is 4.98 Å². The maximum atomic E-state index is 4.33. The lowest BCUT2D eigenvalue weighted by atomic mass is 10.1. The van der Waals surface area contributed by atoms with E-state index in [0.717, 1.165) is 19.8 Å². The zero-order valence-corrected chi connectivity index (χ0v) is 10.2. The van der Waals surface area contributed by atoms with E-state index in [4.69, 9.17) is 0 Å². The van der Waals surface area contributed by atoms with Gasteiger partial charge in [0.25, 0.3) is 0 Å². The number of halogens is 2. The molecule has 2 aromatic rings. The van der Waals surface area contributed by atoms with E-state index in [9.17, 15) is 0 Å². The number of benzene rings is 1. The second kappa shape index (κ2) is 3.39. The molecule has 0 aliphatic carbocycles. The fourth-order valence-electron chi connectivity index (χ4n) is 1.36. The lowest BCUT2D eigenvalue weighted by Crippen LogP contribution is -1.84. The van der Waals surface area contributed by atoms with Crippen LogP contribution in [0.25, 0.3) is 10.9 Å². The molecular formula is C10H7Br2N. The van der Waals surface area contributed by atoms with Gasteiger partial charge in [0.15, 0.2) is 0 Å². The summed E-state index contributed by atoms with van der Waals surface area (Å²) in [6, 6.07) is 6.09. The molecule has 0 saturated heterocycles. The molecule has 0 radical (unpaired) electrons. The molecule has 1 aromatic heterocycles. The van der Waals surface area contributed by atoms with Gasteiger partial charge in [0.1, 0.15) is 0 Å². The molecule has 3 heteroatoms. The highest BCUT2D eigenvalue weighted by molar-refractivity contribution is 9.11. The van der Waals surface area contributed by atoms with Crippen molar-refractivity contribution in [1.29, 1.82) is 0 Å². The van der Waals surface area contributed by atoms with Gasteiger partial charge in [-0.15, -0.1) is 0 Å². The number of pyridine rings is 1. The Morgan fingerprint density at radius 3 is 2.77 bits per heavy atom. The summed E-state index contributed by atoms with van der Waals surface area (Å²) in [5.41, 5.74) is 2.24. The number of aryl methyl sites for hydroxylation is 1. The third-order valence-corrected chi connectivity index (χ3v) is 3.10. The highest BCUT2D eigenvalue weighted by Crippen LogP contribution is 2.27. The van der Waals surface area contributed by atoms with Crippen LogP contribution >= 0.6 is 31.9 Å². The first-order valence-electron chi connectivity index (χ1n) is 3.89. The minimum Gasteiger partial charge on any atom is -0.256 e. The maximum Gasteiger partial charge on any atom is 0.0743 e. The minimum atomic E-state index is 1.05. The van der Waals surface area contributed by atoms with Crippen LogP contribution in [0.2, 0.25) is 0 Å². The van der Waals surface area contributed by atoms with E-state index in [-0.39, 0.29) is 0 Å². The molecule has 2 rings (SSSR count). The Kier molecular flexibility index (Phi) is 2.39. The summed E-state index contributed by atoms with van der Waals surface area (Å²) in [5, 5.41) is 1.15. The van der Waals surface area contributed by atoms with Crippen LogP contribution in [0, 0.1) is 6.92 Å². The number of hydrogen-bond donors (Lipinski definition) is 0. The molecule has 1 heterocycles. The molecule has 13 heavy (non-hydrogen) atoms. The van der Waals surface area contributed by atoms with Crippen LogP contribution in [0.1, 0.15) is 5.56 Å². The Balaban J connectivity index is 2.94. The van der Waals surface area contributed by atoms with Crippen LogP contribution in [0.15, 0.2) is 33.3 Å². The third-order valence-electron chi connectivity index (χ3n) is 1.95. The van der Waals surface area contributed by atoms with Crippen molar-refractivity contribution in [2.75, 3.05) is 0 Å². The van der Waals surface area contributed by atoms with Gasteiger partial charge in [0.2, 0.25) is 0 Å². The summed E-state index contributed by atoms with van der Waals surface area (Å²) in [5.74, 6) is 0. The predicted molar refractivity (Wildman–Crippen MR) is 61.9 cm³/mol. The molecule has 1 aromatic carbocycles. The Bertz CT molecular complexity index is 466. The number of rotatable bonds is 0. The molecule has 66 valence electrons. The second-order valence-electron chi connectivity index (χ2n) is 2.91. The van der Waals surface area contributed by atoms with Crippen LogP contribution in [-0.2, 0) is 0 Å². The Morgan fingerprint density at radius 2 is 2.00 bits per heavy atom. The summed E-state index contributed by atoms with van der Waals surface area (Å²) in [6.07, 6.45) is 1.81. The zero-order valence-electron chi connectivity index (χ0n) is 7.01. The average molecular weight is 301 g/mol. The molecule has 0 aliphatic rings. The number of aromatic nitrogens is 1. The minimum absolute atomic E-state index is 1.05. The topological polar surface area (TPSA) is 12.9 Å². The lowest BCUT2D eigenvalue weighted by molar-refractivity contribution is 1.35. The number of hydrogen-bond acceptors (Lipinski definition) is 1. The van der Waals surface area contributed by atoms with E-state index in [1.165, 1.54) is 5.56 Å². The van der Waals surface area contributed by atoms with E-state index in [1.54, 1.807) is 0 Å². The first-order valence-corrected chi connectivity index (χ1v) is 5.47. The van der Waals surface area contributed by atoms with Gasteiger partial charge in [-0.3, -0.25) is 4.98 Å². The van der Waals surface area contributed by atoms with Gasteiger partial charge in [-0.2, -0.15) is 0 Å². The second-order valence-corrected chi connectivity index (χ2v) is 4.68. The summed E-state index contributed by atoms with van der Waals surface area (Å²) < 4.78 is 2.17. The molecule has 0 amide bonds. The van der Waals surface area contributed by atoms with Gasteiger partial charge >= 0.3 is 0 Å². The molecule has 0 saturated carbocycles.